The van der Waals surface area contributed by atoms with Crippen LogP contribution >= 0.6 is 11.3 Å². The first kappa shape index (κ1) is 21.6. The molecule has 0 radical (unpaired) electrons. The molecule has 0 bridgehead atoms. The van der Waals surface area contributed by atoms with E-state index >= 15 is 0 Å². The van der Waals surface area contributed by atoms with Gasteiger partial charge >= 0.3 is 5.97 Å². The average Bonchev–Trinajstić information content (AvgIpc) is 3.47. The summed E-state index contributed by atoms with van der Waals surface area (Å²) in [4.78, 5) is 40.8. The molecule has 7 heteroatoms. The number of aryl methyl sites for hydroxylation is 1. The molecule has 1 aromatic carbocycles. The zero-order chi connectivity index (χ0) is 21.8. The molecule has 6 nitrogen and oxygen atoms in total. The van der Waals surface area contributed by atoms with Crippen LogP contribution in [0.2, 0.25) is 0 Å². The molecule has 0 spiro atoms. The van der Waals surface area contributed by atoms with E-state index in [0.29, 0.717) is 6.42 Å². The van der Waals surface area contributed by atoms with Crippen molar-refractivity contribution < 1.29 is 19.1 Å². The molecule has 2 atom stereocenters. The number of nitrogens with one attached hydrogen (secondary N) is 1. The van der Waals surface area contributed by atoms with Gasteiger partial charge in [-0.1, -0.05) is 36.6 Å². The predicted molar refractivity (Wildman–Crippen MR) is 120 cm³/mol. The number of rotatable bonds is 6. The first-order chi connectivity index (χ1) is 15.0. The Bertz CT molecular complexity index is 920. The first-order valence-electron chi connectivity index (χ1n) is 10.9. The van der Waals surface area contributed by atoms with Crippen molar-refractivity contribution in [2.45, 2.75) is 57.5 Å². The largest absolute Gasteiger partial charge is 0.455 e. The van der Waals surface area contributed by atoms with Gasteiger partial charge in [0.25, 0.3) is 5.91 Å². The van der Waals surface area contributed by atoms with Crippen molar-refractivity contribution in [3.63, 3.8) is 0 Å². The minimum Gasteiger partial charge on any atom is -0.455 e. The van der Waals surface area contributed by atoms with E-state index in [1.165, 1.54) is 11.3 Å². The lowest BCUT2D eigenvalue weighted by molar-refractivity contribution is -0.154. The highest BCUT2D eigenvalue weighted by Crippen LogP contribution is 2.42. The number of hydrogen-bond acceptors (Lipinski definition) is 5. The Morgan fingerprint density at radius 3 is 2.55 bits per heavy atom. The Labute approximate surface area is 186 Å². The SMILES string of the molecule is Cc1ccc(N2C(=O)CCC(C(=O)OCC(=O)NC3CCCC3)C2c2cccs2)cc1. The molecule has 1 aliphatic carbocycles. The van der Waals surface area contributed by atoms with Gasteiger partial charge in [-0.3, -0.25) is 14.4 Å². The second-order valence-corrected chi connectivity index (χ2v) is 9.34. The van der Waals surface area contributed by atoms with Gasteiger partial charge in [-0.25, -0.2) is 0 Å². The maximum atomic E-state index is 13.0. The Balaban J connectivity index is 1.51. The van der Waals surface area contributed by atoms with Crippen LogP contribution in [0, 0.1) is 12.8 Å². The number of hydrogen-bond donors (Lipinski definition) is 1. The molecule has 1 saturated heterocycles. The molecule has 2 amide bonds. The standard InChI is InChI=1S/C24H28N2O4S/c1-16-8-10-18(11-9-16)26-22(28)13-12-19(23(26)20-7-4-14-31-20)24(29)30-15-21(27)25-17-5-2-3-6-17/h4,7-11,14,17,19,23H,2-3,5-6,12-13,15H2,1H3,(H,25,27). The normalized spacial score (nSPS) is 21.8. The second-order valence-electron chi connectivity index (χ2n) is 8.36. The molecule has 164 valence electrons. The molecule has 31 heavy (non-hydrogen) atoms. The van der Waals surface area contributed by atoms with Gasteiger partial charge < -0.3 is 15.0 Å². The summed E-state index contributed by atoms with van der Waals surface area (Å²) in [5.41, 5.74) is 1.87. The minimum atomic E-state index is -0.517. The van der Waals surface area contributed by atoms with E-state index in [1.54, 1.807) is 4.90 Å². The summed E-state index contributed by atoms with van der Waals surface area (Å²) in [6, 6.07) is 11.4. The Morgan fingerprint density at radius 1 is 1.13 bits per heavy atom. The first-order valence-corrected chi connectivity index (χ1v) is 11.8. The third kappa shape index (κ3) is 4.98. The van der Waals surface area contributed by atoms with Crippen LogP contribution < -0.4 is 10.2 Å². The van der Waals surface area contributed by atoms with Gasteiger partial charge in [0.1, 0.15) is 0 Å². The van der Waals surface area contributed by atoms with Crippen molar-refractivity contribution in [2.75, 3.05) is 11.5 Å². The molecule has 2 aliphatic rings. The van der Waals surface area contributed by atoms with Crippen LogP contribution in [-0.4, -0.2) is 30.4 Å². The van der Waals surface area contributed by atoms with E-state index in [2.05, 4.69) is 5.32 Å². The van der Waals surface area contributed by atoms with Crippen LogP contribution in [0.1, 0.15) is 55.0 Å². The molecule has 1 saturated carbocycles. The van der Waals surface area contributed by atoms with Gasteiger partial charge in [-0.05, 0) is 49.8 Å². The minimum absolute atomic E-state index is 0.00900. The molecular weight excluding hydrogens is 412 g/mol. The monoisotopic (exact) mass is 440 g/mol. The smallest absolute Gasteiger partial charge is 0.311 e. The van der Waals surface area contributed by atoms with Crippen LogP contribution in [0.15, 0.2) is 41.8 Å². The van der Waals surface area contributed by atoms with Crippen LogP contribution in [0.3, 0.4) is 0 Å². The number of benzene rings is 1. The number of nitrogens with zero attached hydrogens (tertiary/aromatic N) is 1. The van der Waals surface area contributed by atoms with E-state index in [0.717, 1.165) is 41.8 Å². The van der Waals surface area contributed by atoms with Gasteiger partial charge in [0.15, 0.2) is 6.61 Å². The van der Waals surface area contributed by atoms with Crippen LogP contribution in [0.4, 0.5) is 5.69 Å². The van der Waals surface area contributed by atoms with Gasteiger partial charge in [0, 0.05) is 23.0 Å². The molecule has 1 N–H and O–H groups in total. The summed E-state index contributed by atoms with van der Waals surface area (Å²) in [5, 5.41) is 4.89. The quantitative estimate of drug-likeness (QED) is 0.685. The van der Waals surface area contributed by atoms with Crippen molar-refractivity contribution in [2.24, 2.45) is 5.92 Å². The Kier molecular flexibility index (Phi) is 6.70. The van der Waals surface area contributed by atoms with Gasteiger partial charge in [-0.2, -0.15) is 0 Å². The van der Waals surface area contributed by atoms with E-state index in [1.807, 2.05) is 48.7 Å². The summed E-state index contributed by atoms with van der Waals surface area (Å²) in [6.45, 7) is 1.72. The summed E-state index contributed by atoms with van der Waals surface area (Å²) in [7, 11) is 0. The number of carbonyl (C=O) groups is 3. The van der Waals surface area contributed by atoms with Crippen LogP contribution in [0.5, 0.6) is 0 Å². The second kappa shape index (κ2) is 9.64. The van der Waals surface area contributed by atoms with Crippen molar-refractivity contribution in [3.8, 4) is 0 Å². The number of anilines is 1. The fourth-order valence-electron chi connectivity index (χ4n) is 4.52. The highest BCUT2D eigenvalue weighted by atomic mass is 32.1. The molecular formula is C24H28N2O4S. The zero-order valence-corrected chi connectivity index (χ0v) is 18.5. The van der Waals surface area contributed by atoms with Crippen LogP contribution in [0.25, 0.3) is 0 Å². The maximum absolute atomic E-state index is 13.0. The summed E-state index contributed by atoms with van der Waals surface area (Å²) in [5.74, 6) is -1.21. The number of amides is 2. The van der Waals surface area contributed by atoms with Crippen LogP contribution in [-0.2, 0) is 19.1 Å². The molecule has 2 heterocycles. The summed E-state index contributed by atoms with van der Waals surface area (Å²) >= 11 is 1.52. The van der Waals surface area contributed by atoms with Gasteiger partial charge in [0.2, 0.25) is 5.91 Å². The third-order valence-corrected chi connectivity index (χ3v) is 7.06. The topological polar surface area (TPSA) is 75.7 Å². The molecule has 1 aliphatic heterocycles. The fraction of sp³-hybridized carbons (Fsp3) is 0.458. The molecule has 1 aromatic heterocycles. The van der Waals surface area contributed by atoms with Gasteiger partial charge in [0.05, 0.1) is 12.0 Å². The molecule has 4 rings (SSSR count). The molecule has 2 aromatic rings. The third-order valence-electron chi connectivity index (χ3n) is 6.11. The number of ether oxygens (including phenoxy) is 1. The average molecular weight is 441 g/mol. The lowest BCUT2D eigenvalue weighted by atomic mass is 9.87. The number of carbonyl (C=O) groups excluding carboxylic acids is 3. The van der Waals surface area contributed by atoms with Crippen molar-refractivity contribution in [1.82, 2.24) is 5.32 Å². The number of thiophene rings is 1. The summed E-state index contributed by atoms with van der Waals surface area (Å²) in [6.07, 6.45) is 4.89. The van der Waals surface area contributed by atoms with E-state index in [-0.39, 0.29) is 30.9 Å². The van der Waals surface area contributed by atoms with Crippen molar-refractivity contribution in [3.05, 3.63) is 52.2 Å². The highest BCUT2D eigenvalue weighted by molar-refractivity contribution is 7.10. The van der Waals surface area contributed by atoms with E-state index < -0.39 is 17.9 Å². The zero-order valence-electron chi connectivity index (χ0n) is 17.7. The lowest BCUT2D eigenvalue weighted by Crippen LogP contribution is -2.46. The maximum Gasteiger partial charge on any atom is 0.311 e. The number of esters is 1. The van der Waals surface area contributed by atoms with E-state index in [9.17, 15) is 14.4 Å². The highest BCUT2D eigenvalue weighted by Gasteiger charge is 2.43. The van der Waals surface area contributed by atoms with Crippen molar-refractivity contribution in [1.29, 1.82) is 0 Å². The Hall–Kier alpha value is -2.67. The predicted octanol–water partition coefficient (Wildman–Crippen LogP) is 4.14. The van der Waals surface area contributed by atoms with Gasteiger partial charge in [-0.15, -0.1) is 11.3 Å². The summed E-state index contributed by atoms with van der Waals surface area (Å²) < 4.78 is 5.44. The van der Waals surface area contributed by atoms with E-state index in [4.69, 9.17) is 4.74 Å². The fourth-order valence-corrected chi connectivity index (χ4v) is 5.40. The Morgan fingerprint density at radius 2 is 1.87 bits per heavy atom. The lowest BCUT2D eigenvalue weighted by Gasteiger charge is -2.39. The number of piperidine rings is 1. The molecule has 2 unspecified atom stereocenters. The van der Waals surface area contributed by atoms with Crippen molar-refractivity contribution >= 4 is 34.8 Å². The molecule has 2 fully saturated rings.